The lowest BCUT2D eigenvalue weighted by molar-refractivity contribution is -0.117. The van der Waals surface area contributed by atoms with Crippen molar-refractivity contribution < 1.29 is 14.7 Å². The van der Waals surface area contributed by atoms with Crippen molar-refractivity contribution in [3.8, 4) is 0 Å². The van der Waals surface area contributed by atoms with Gasteiger partial charge in [0.05, 0.1) is 16.6 Å². The number of aromatic carboxylic acids is 1. The fourth-order valence-corrected chi connectivity index (χ4v) is 2.07. The molecule has 104 valence electrons. The molecule has 1 atom stereocenters. The second-order valence-electron chi connectivity index (χ2n) is 3.88. The Kier molecular flexibility index (Phi) is 6.14. The van der Waals surface area contributed by atoms with Crippen molar-refractivity contribution >= 4 is 40.9 Å². The van der Waals surface area contributed by atoms with Crippen molar-refractivity contribution in [3.63, 3.8) is 0 Å². The number of rotatable bonds is 6. The molecule has 1 aromatic rings. The van der Waals surface area contributed by atoms with E-state index in [0.717, 1.165) is 5.75 Å². The minimum atomic E-state index is -1.15. The second-order valence-corrected chi connectivity index (χ2v) is 5.27. The quantitative estimate of drug-likeness (QED) is 0.748. The number of thioether (sulfide) groups is 1. The van der Waals surface area contributed by atoms with Gasteiger partial charge in [0, 0.05) is 5.69 Å². The standard InChI is InChI=1S/C12H15ClN2O3S/c1-19-5-4-10(14)11(16)15-7-2-3-9(13)8(6-7)12(17)18/h2-3,6,10H,4-5,14H2,1H3,(H,15,16)(H,17,18)/t10-/m0/s1. The SMILES string of the molecule is CSCC[C@H](N)C(=O)Nc1ccc(Cl)c(C(=O)O)c1. The molecule has 0 saturated carbocycles. The van der Waals surface area contributed by atoms with Crippen LogP contribution in [-0.4, -0.2) is 35.0 Å². The Morgan fingerprint density at radius 3 is 2.79 bits per heavy atom. The first-order valence-corrected chi connectivity index (χ1v) is 7.31. The van der Waals surface area contributed by atoms with Gasteiger partial charge in [-0.25, -0.2) is 4.79 Å². The lowest BCUT2D eigenvalue weighted by atomic mass is 10.2. The van der Waals surface area contributed by atoms with Gasteiger partial charge >= 0.3 is 5.97 Å². The molecule has 5 nitrogen and oxygen atoms in total. The molecule has 0 radical (unpaired) electrons. The molecule has 0 unspecified atom stereocenters. The second kappa shape index (κ2) is 7.37. The molecule has 0 heterocycles. The Morgan fingerprint density at radius 2 is 2.21 bits per heavy atom. The molecule has 0 bridgehead atoms. The van der Waals surface area contributed by atoms with Gasteiger partial charge in [-0.1, -0.05) is 11.6 Å². The number of benzene rings is 1. The summed E-state index contributed by atoms with van der Waals surface area (Å²) >= 11 is 7.34. The highest BCUT2D eigenvalue weighted by atomic mass is 35.5. The average Bonchev–Trinajstić information content (AvgIpc) is 2.37. The molecule has 0 saturated heterocycles. The maximum Gasteiger partial charge on any atom is 0.337 e. The zero-order valence-corrected chi connectivity index (χ0v) is 11.9. The maximum absolute atomic E-state index is 11.8. The number of carbonyl (C=O) groups is 2. The van der Waals surface area contributed by atoms with Crippen LogP contribution in [0.4, 0.5) is 5.69 Å². The van der Waals surface area contributed by atoms with Gasteiger partial charge in [-0.05, 0) is 36.6 Å². The van der Waals surface area contributed by atoms with E-state index in [1.807, 2.05) is 6.26 Å². The Hall–Kier alpha value is -1.24. The summed E-state index contributed by atoms with van der Waals surface area (Å²) in [4.78, 5) is 22.7. The number of carbonyl (C=O) groups excluding carboxylic acids is 1. The van der Waals surface area contributed by atoms with Crippen molar-refractivity contribution in [2.75, 3.05) is 17.3 Å². The minimum Gasteiger partial charge on any atom is -0.478 e. The van der Waals surface area contributed by atoms with Crippen LogP contribution < -0.4 is 11.1 Å². The van der Waals surface area contributed by atoms with Crippen molar-refractivity contribution in [1.29, 1.82) is 0 Å². The maximum atomic E-state index is 11.8. The predicted octanol–water partition coefficient (Wildman–Crippen LogP) is 2.06. The summed E-state index contributed by atoms with van der Waals surface area (Å²) in [6.45, 7) is 0. The molecule has 1 rings (SSSR count). The molecular formula is C12H15ClN2O3S. The average molecular weight is 303 g/mol. The Balaban J connectivity index is 2.74. The van der Waals surface area contributed by atoms with Crippen molar-refractivity contribution in [3.05, 3.63) is 28.8 Å². The van der Waals surface area contributed by atoms with Crippen LogP contribution in [-0.2, 0) is 4.79 Å². The van der Waals surface area contributed by atoms with E-state index in [-0.39, 0.29) is 16.5 Å². The van der Waals surface area contributed by atoms with Crippen LogP contribution in [0.3, 0.4) is 0 Å². The van der Waals surface area contributed by atoms with Crippen LogP contribution in [0.2, 0.25) is 5.02 Å². The first kappa shape index (κ1) is 15.8. The molecule has 0 aliphatic rings. The third-order valence-corrected chi connectivity index (χ3v) is 3.41. The third-order valence-electron chi connectivity index (χ3n) is 2.43. The molecule has 1 amide bonds. The zero-order chi connectivity index (χ0) is 14.4. The zero-order valence-electron chi connectivity index (χ0n) is 10.4. The van der Waals surface area contributed by atoms with Crippen molar-refractivity contribution in [2.24, 2.45) is 5.73 Å². The number of carboxylic acid groups (broad SMARTS) is 1. The summed E-state index contributed by atoms with van der Waals surface area (Å²) in [6, 6.07) is 3.66. The molecule has 0 aliphatic heterocycles. The number of carboxylic acids is 1. The van der Waals surface area contributed by atoms with E-state index >= 15 is 0 Å². The number of hydrogen-bond donors (Lipinski definition) is 3. The molecular weight excluding hydrogens is 288 g/mol. The van der Waals surface area contributed by atoms with Gasteiger partial charge in [0.1, 0.15) is 0 Å². The Bertz CT molecular complexity index is 482. The number of amides is 1. The summed E-state index contributed by atoms with van der Waals surface area (Å²) in [5, 5.41) is 11.6. The van der Waals surface area contributed by atoms with Gasteiger partial charge in [0.15, 0.2) is 0 Å². The van der Waals surface area contributed by atoms with Crippen LogP contribution in [0.1, 0.15) is 16.8 Å². The summed E-state index contributed by atoms with van der Waals surface area (Å²) in [5.41, 5.74) is 6.02. The van der Waals surface area contributed by atoms with Crippen LogP contribution in [0.25, 0.3) is 0 Å². The molecule has 19 heavy (non-hydrogen) atoms. The van der Waals surface area contributed by atoms with E-state index in [0.29, 0.717) is 12.1 Å². The van der Waals surface area contributed by atoms with E-state index in [2.05, 4.69) is 5.32 Å². The fourth-order valence-electron chi connectivity index (χ4n) is 1.38. The van der Waals surface area contributed by atoms with Crippen molar-refractivity contribution in [1.82, 2.24) is 0 Å². The van der Waals surface area contributed by atoms with E-state index in [9.17, 15) is 9.59 Å². The van der Waals surface area contributed by atoms with Crippen LogP contribution in [0, 0.1) is 0 Å². The van der Waals surface area contributed by atoms with Gasteiger partial charge in [0.2, 0.25) is 5.91 Å². The first-order valence-electron chi connectivity index (χ1n) is 5.54. The Labute approximate surface area is 120 Å². The third kappa shape index (κ3) is 4.74. The highest BCUT2D eigenvalue weighted by Crippen LogP contribution is 2.20. The number of anilines is 1. The number of hydrogen-bond acceptors (Lipinski definition) is 4. The lowest BCUT2D eigenvalue weighted by Crippen LogP contribution is -2.36. The summed E-state index contributed by atoms with van der Waals surface area (Å²) < 4.78 is 0. The minimum absolute atomic E-state index is 0.0582. The smallest absolute Gasteiger partial charge is 0.337 e. The summed E-state index contributed by atoms with van der Waals surface area (Å²) in [7, 11) is 0. The topological polar surface area (TPSA) is 92.4 Å². The largest absolute Gasteiger partial charge is 0.478 e. The van der Waals surface area contributed by atoms with E-state index in [4.69, 9.17) is 22.4 Å². The highest BCUT2D eigenvalue weighted by molar-refractivity contribution is 7.98. The highest BCUT2D eigenvalue weighted by Gasteiger charge is 2.15. The molecule has 1 aromatic carbocycles. The first-order chi connectivity index (χ1) is 8.95. The Morgan fingerprint density at radius 1 is 1.53 bits per heavy atom. The monoisotopic (exact) mass is 302 g/mol. The molecule has 4 N–H and O–H groups in total. The van der Waals surface area contributed by atoms with Gasteiger partial charge in [-0.3, -0.25) is 4.79 Å². The lowest BCUT2D eigenvalue weighted by Gasteiger charge is -2.12. The normalized spacial score (nSPS) is 11.9. The van der Waals surface area contributed by atoms with Crippen LogP contribution in [0.15, 0.2) is 18.2 Å². The van der Waals surface area contributed by atoms with Gasteiger partial charge in [-0.2, -0.15) is 11.8 Å². The van der Waals surface area contributed by atoms with Crippen molar-refractivity contribution in [2.45, 2.75) is 12.5 Å². The van der Waals surface area contributed by atoms with Gasteiger partial charge < -0.3 is 16.2 Å². The molecule has 0 aliphatic carbocycles. The summed E-state index contributed by atoms with van der Waals surface area (Å²) in [6.07, 6.45) is 2.50. The fraction of sp³-hybridized carbons (Fsp3) is 0.333. The van der Waals surface area contributed by atoms with Crippen LogP contribution >= 0.6 is 23.4 Å². The van der Waals surface area contributed by atoms with Gasteiger partial charge in [-0.15, -0.1) is 0 Å². The summed E-state index contributed by atoms with van der Waals surface area (Å²) in [5.74, 6) is -0.698. The number of halogens is 1. The molecule has 7 heteroatoms. The molecule has 0 spiro atoms. The van der Waals surface area contributed by atoms with E-state index in [1.165, 1.54) is 18.2 Å². The number of nitrogens with two attached hydrogens (primary N) is 1. The molecule has 0 aromatic heterocycles. The predicted molar refractivity (Wildman–Crippen MR) is 78.0 cm³/mol. The van der Waals surface area contributed by atoms with Crippen LogP contribution in [0.5, 0.6) is 0 Å². The molecule has 0 fully saturated rings. The van der Waals surface area contributed by atoms with E-state index < -0.39 is 12.0 Å². The van der Waals surface area contributed by atoms with Gasteiger partial charge in [0.25, 0.3) is 0 Å². The number of nitrogens with one attached hydrogen (secondary N) is 1. The van der Waals surface area contributed by atoms with E-state index in [1.54, 1.807) is 11.8 Å².